The average Bonchev–Trinajstić information content (AvgIpc) is 2.79. The Labute approximate surface area is 97.2 Å². The van der Waals surface area contributed by atoms with Gasteiger partial charge in [0, 0.05) is 29.4 Å². The van der Waals surface area contributed by atoms with Crippen molar-refractivity contribution >= 4 is 17.3 Å². The van der Waals surface area contributed by atoms with Crippen LogP contribution in [0.15, 0.2) is 11.4 Å². The number of hydrogen-bond acceptors (Lipinski definition) is 3. The summed E-state index contributed by atoms with van der Waals surface area (Å²) in [5.41, 5.74) is 3.36. The van der Waals surface area contributed by atoms with Crippen LogP contribution in [0.5, 0.6) is 0 Å². The second kappa shape index (κ2) is 3.75. The lowest BCUT2D eigenvalue weighted by atomic mass is 10.2. The number of nitrogens with zero attached hydrogens (tertiary/aromatic N) is 2. The van der Waals surface area contributed by atoms with Crippen molar-refractivity contribution in [2.24, 2.45) is 7.05 Å². The molecule has 0 unspecified atom stereocenters. The summed E-state index contributed by atoms with van der Waals surface area (Å²) >= 11 is 1.36. The maximum absolute atomic E-state index is 10.7. The number of thiazole rings is 1. The second-order valence-corrected chi connectivity index (χ2v) is 4.54. The summed E-state index contributed by atoms with van der Waals surface area (Å²) in [7, 11) is 1.99. The standard InChI is InChI=1S/C11H12N2O2S/c1-6-4-8(7(2)13(6)3)10-12-9(5-16-10)11(14)15/h4-5H,1-3H3,(H,14,15). The molecule has 0 amide bonds. The molecule has 2 aromatic rings. The summed E-state index contributed by atoms with van der Waals surface area (Å²) in [6, 6.07) is 2.03. The highest BCUT2D eigenvalue weighted by atomic mass is 32.1. The van der Waals surface area contributed by atoms with Crippen molar-refractivity contribution in [3.8, 4) is 10.6 Å². The van der Waals surface area contributed by atoms with E-state index in [1.54, 1.807) is 5.38 Å². The first-order valence-electron chi connectivity index (χ1n) is 4.83. The molecule has 0 aromatic carbocycles. The van der Waals surface area contributed by atoms with Crippen LogP contribution in [0, 0.1) is 13.8 Å². The molecule has 0 atom stereocenters. The van der Waals surface area contributed by atoms with E-state index in [0.717, 1.165) is 22.0 Å². The quantitative estimate of drug-likeness (QED) is 0.871. The molecule has 0 saturated carbocycles. The van der Waals surface area contributed by atoms with Crippen molar-refractivity contribution in [1.29, 1.82) is 0 Å². The van der Waals surface area contributed by atoms with Crippen LogP contribution < -0.4 is 0 Å². The Morgan fingerprint density at radius 1 is 1.50 bits per heavy atom. The zero-order valence-electron chi connectivity index (χ0n) is 9.31. The third-order valence-electron chi connectivity index (χ3n) is 2.73. The summed E-state index contributed by atoms with van der Waals surface area (Å²) in [4.78, 5) is 14.8. The molecule has 0 radical (unpaired) electrons. The van der Waals surface area contributed by atoms with E-state index in [-0.39, 0.29) is 5.69 Å². The molecule has 2 aromatic heterocycles. The lowest BCUT2D eigenvalue weighted by Crippen LogP contribution is -1.96. The van der Waals surface area contributed by atoms with Crippen LogP contribution in [0.4, 0.5) is 0 Å². The van der Waals surface area contributed by atoms with Gasteiger partial charge in [0.25, 0.3) is 0 Å². The largest absolute Gasteiger partial charge is 0.476 e. The highest BCUT2D eigenvalue weighted by Gasteiger charge is 2.14. The molecule has 4 nitrogen and oxygen atoms in total. The number of aromatic nitrogens is 2. The molecule has 2 heterocycles. The number of carboxylic acid groups (broad SMARTS) is 1. The number of carbonyl (C=O) groups is 1. The number of hydrogen-bond donors (Lipinski definition) is 1. The van der Waals surface area contributed by atoms with Gasteiger partial charge in [0.1, 0.15) is 5.01 Å². The van der Waals surface area contributed by atoms with Crippen LogP contribution in [0.2, 0.25) is 0 Å². The summed E-state index contributed by atoms with van der Waals surface area (Å²) in [5, 5.41) is 11.1. The molecule has 0 aliphatic rings. The van der Waals surface area contributed by atoms with Gasteiger partial charge >= 0.3 is 5.97 Å². The second-order valence-electron chi connectivity index (χ2n) is 3.69. The minimum absolute atomic E-state index is 0.112. The third kappa shape index (κ3) is 1.63. The number of aryl methyl sites for hydroxylation is 1. The Morgan fingerprint density at radius 2 is 2.19 bits per heavy atom. The van der Waals surface area contributed by atoms with E-state index >= 15 is 0 Å². The molecule has 1 N–H and O–H groups in total. The normalized spacial score (nSPS) is 10.7. The van der Waals surface area contributed by atoms with Gasteiger partial charge < -0.3 is 9.67 Å². The lowest BCUT2D eigenvalue weighted by Gasteiger charge is -1.99. The summed E-state index contributed by atoms with van der Waals surface area (Å²) < 4.78 is 2.07. The first-order chi connectivity index (χ1) is 7.50. The van der Waals surface area contributed by atoms with Gasteiger partial charge in [0.05, 0.1) is 0 Å². The van der Waals surface area contributed by atoms with E-state index in [1.807, 2.05) is 27.0 Å². The van der Waals surface area contributed by atoms with E-state index in [0.29, 0.717) is 0 Å². The predicted molar refractivity (Wildman–Crippen MR) is 63.0 cm³/mol. The molecule has 0 saturated heterocycles. The molecule has 0 aliphatic carbocycles. The fourth-order valence-corrected chi connectivity index (χ4v) is 2.43. The summed E-state index contributed by atoms with van der Waals surface area (Å²) in [6.07, 6.45) is 0. The van der Waals surface area contributed by atoms with Gasteiger partial charge in [-0.25, -0.2) is 9.78 Å². The molecule has 84 valence electrons. The van der Waals surface area contributed by atoms with Crippen LogP contribution >= 0.6 is 11.3 Å². The predicted octanol–water partition coefficient (Wildman–Crippen LogP) is 2.46. The van der Waals surface area contributed by atoms with Crippen LogP contribution in [-0.2, 0) is 7.05 Å². The van der Waals surface area contributed by atoms with E-state index in [4.69, 9.17) is 5.11 Å². The van der Waals surface area contributed by atoms with Gasteiger partial charge in [-0.15, -0.1) is 11.3 Å². The minimum Gasteiger partial charge on any atom is -0.476 e. The molecule has 16 heavy (non-hydrogen) atoms. The molecule has 0 bridgehead atoms. The van der Waals surface area contributed by atoms with Gasteiger partial charge in [-0.1, -0.05) is 0 Å². The molecule has 2 rings (SSSR count). The number of rotatable bonds is 2. The maximum atomic E-state index is 10.7. The topological polar surface area (TPSA) is 55.1 Å². The van der Waals surface area contributed by atoms with Crippen molar-refractivity contribution in [2.75, 3.05) is 0 Å². The van der Waals surface area contributed by atoms with Crippen molar-refractivity contribution in [3.63, 3.8) is 0 Å². The monoisotopic (exact) mass is 236 g/mol. The zero-order chi connectivity index (χ0) is 11.9. The van der Waals surface area contributed by atoms with E-state index in [1.165, 1.54) is 11.3 Å². The molecular weight excluding hydrogens is 224 g/mol. The molecule has 5 heteroatoms. The first kappa shape index (κ1) is 10.9. The molecule has 0 spiro atoms. The molecular formula is C11H12N2O2S. The van der Waals surface area contributed by atoms with Gasteiger partial charge in [0.15, 0.2) is 5.69 Å². The van der Waals surface area contributed by atoms with Crippen molar-refractivity contribution in [2.45, 2.75) is 13.8 Å². The Kier molecular flexibility index (Phi) is 2.55. The number of carboxylic acids is 1. The Balaban J connectivity index is 2.50. The molecule has 0 fully saturated rings. The van der Waals surface area contributed by atoms with E-state index < -0.39 is 5.97 Å². The van der Waals surface area contributed by atoms with Gasteiger partial charge in [-0.05, 0) is 19.9 Å². The number of aromatic carboxylic acids is 1. The van der Waals surface area contributed by atoms with Gasteiger partial charge in [0.2, 0.25) is 0 Å². The van der Waals surface area contributed by atoms with Crippen molar-refractivity contribution < 1.29 is 9.90 Å². The highest BCUT2D eigenvalue weighted by Crippen LogP contribution is 2.28. The summed E-state index contributed by atoms with van der Waals surface area (Å²) in [6.45, 7) is 4.02. The smallest absolute Gasteiger partial charge is 0.355 e. The molecule has 0 aliphatic heterocycles. The zero-order valence-corrected chi connectivity index (χ0v) is 10.1. The first-order valence-corrected chi connectivity index (χ1v) is 5.70. The average molecular weight is 236 g/mol. The SMILES string of the molecule is Cc1cc(-c2nc(C(=O)O)cs2)c(C)n1C. The highest BCUT2D eigenvalue weighted by molar-refractivity contribution is 7.13. The van der Waals surface area contributed by atoms with Gasteiger partial charge in [-0.2, -0.15) is 0 Å². The fourth-order valence-electron chi connectivity index (χ4n) is 1.57. The van der Waals surface area contributed by atoms with Crippen LogP contribution in [0.25, 0.3) is 10.6 Å². The lowest BCUT2D eigenvalue weighted by molar-refractivity contribution is 0.0691. The third-order valence-corrected chi connectivity index (χ3v) is 3.60. The summed E-state index contributed by atoms with van der Waals surface area (Å²) in [5.74, 6) is -0.979. The Hall–Kier alpha value is -1.62. The van der Waals surface area contributed by atoms with E-state index in [9.17, 15) is 4.79 Å². The minimum atomic E-state index is -0.979. The van der Waals surface area contributed by atoms with Crippen LogP contribution in [-0.4, -0.2) is 20.6 Å². The van der Waals surface area contributed by atoms with Crippen molar-refractivity contribution in [3.05, 3.63) is 28.5 Å². The van der Waals surface area contributed by atoms with Crippen LogP contribution in [0.1, 0.15) is 21.9 Å². The Morgan fingerprint density at radius 3 is 2.62 bits per heavy atom. The maximum Gasteiger partial charge on any atom is 0.355 e. The van der Waals surface area contributed by atoms with Crippen molar-refractivity contribution in [1.82, 2.24) is 9.55 Å². The van der Waals surface area contributed by atoms with E-state index in [2.05, 4.69) is 9.55 Å². The van der Waals surface area contributed by atoms with Crippen LogP contribution in [0.3, 0.4) is 0 Å². The Bertz CT molecular complexity index is 554. The fraction of sp³-hybridized carbons (Fsp3) is 0.273. The van der Waals surface area contributed by atoms with Gasteiger partial charge in [-0.3, -0.25) is 0 Å².